The second kappa shape index (κ2) is 3.49. The third-order valence-corrected chi connectivity index (χ3v) is 4.78. The van der Waals surface area contributed by atoms with Crippen LogP contribution in [0.5, 0.6) is 0 Å². The van der Waals surface area contributed by atoms with Crippen LogP contribution in [0, 0.1) is 6.92 Å². The number of nitrogens with one attached hydrogen (secondary N) is 1. The molecule has 1 aromatic rings. The summed E-state index contributed by atoms with van der Waals surface area (Å²) in [5.41, 5.74) is 2.84. The molecule has 1 N–H and O–H groups in total. The molecular weight excluding hydrogens is 208 g/mol. The smallest absolute Gasteiger partial charge is 0.0373 e. The summed E-state index contributed by atoms with van der Waals surface area (Å²) in [6.07, 6.45) is 5.39. The third kappa shape index (κ3) is 1.50. The minimum absolute atomic E-state index is 0.792. The van der Waals surface area contributed by atoms with Gasteiger partial charge in [0.25, 0.3) is 0 Å². The van der Waals surface area contributed by atoms with Crippen molar-refractivity contribution in [2.24, 2.45) is 0 Å². The number of nitrogens with zero attached hydrogens (tertiary/aromatic N) is 1. The topological polar surface area (TPSA) is 15.3 Å². The molecule has 2 heteroatoms. The molecule has 17 heavy (non-hydrogen) atoms. The van der Waals surface area contributed by atoms with Gasteiger partial charge in [0.1, 0.15) is 0 Å². The minimum atomic E-state index is 0.792. The Bertz CT molecular complexity index is 412. The summed E-state index contributed by atoms with van der Waals surface area (Å²) in [6.45, 7) is 2.20. The number of anilines is 1. The minimum Gasteiger partial charge on any atom is -0.365 e. The van der Waals surface area contributed by atoms with E-state index in [1.807, 2.05) is 0 Å². The van der Waals surface area contributed by atoms with Crippen LogP contribution in [0.4, 0.5) is 5.69 Å². The zero-order chi connectivity index (χ0) is 11.4. The van der Waals surface area contributed by atoms with Crippen molar-refractivity contribution in [1.29, 1.82) is 0 Å². The van der Waals surface area contributed by atoms with E-state index in [2.05, 4.69) is 41.4 Å². The van der Waals surface area contributed by atoms with Gasteiger partial charge in [0.2, 0.25) is 0 Å². The molecular formula is C15H20N2. The molecule has 4 saturated heterocycles. The molecule has 0 unspecified atom stereocenters. The van der Waals surface area contributed by atoms with E-state index < -0.39 is 0 Å². The predicted molar refractivity (Wildman–Crippen MR) is 70.4 cm³/mol. The monoisotopic (exact) mass is 228 g/mol. The SMILES string of the molecule is Cc1cccc(N2C3CC4CC2CC(C3)N4)c1. The van der Waals surface area contributed by atoms with Crippen LogP contribution in [-0.2, 0) is 0 Å². The van der Waals surface area contributed by atoms with E-state index in [4.69, 9.17) is 0 Å². The number of hydrogen-bond donors (Lipinski definition) is 1. The molecule has 4 aliphatic rings. The average Bonchev–Trinajstić information content (AvgIpc) is 2.27. The standard InChI is InChI=1S/C15H20N2/c1-10-3-2-4-13(5-10)17-14-6-11-7-15(17)9-12(8-14)16-11/h2-5,11-12,14-16H,6-9H2,1H3. The third-order valence-electron chi connectivity index (χ3n) is 4.78. The van der Waals surface area contributed by atoms with Gasteiger partial charge in [-0.05, 0) is 50.3 Å². The number of hydrogen-bond acceptors (Lipinski definition) is 2. The molecule has 4 bridgehead atoms. The lowest BCUT2D eigenvalue weighted by molar-refractivity contribution is 0.135. The molecule has 4 heterocycles. The number of aryl methyl sites for hydroxylation is 1. The maximum atomic E-state index is 3.77. The van der Waals surface area contributed by atoms with Gasteiger partial charge in [-0.1, -0.05) is 12.1 Å². The quantitative estimate of drug-likeness (QED) is 0.794. The molecule has 0 aliphatic carbocycles. The van der Waals surface area contributed by atoms with Crippen molar-refractivity contribution in [1.82, 2.24) is 5.32 Å². The Morgan fingerprint density at radius 1 is 1.06 bits per heavy atom. The first kappa shape index (κ1) is 9.95. The largest absolute Gasteiger partial charge is 0.365 e. The van der Waals surface area contributed by atoms with E-state index in [1.165, 1.54) is 36.9 Å². The Morgan fingerprint density at radius 2 is 1.71 bits per heavy atom. The second-order valence-electron chi connectivity index (χ2n) is 6.06. The number of piperidine rings is 4. The normalized spacial score (nSPS) is 38.8. The highest BCUT2D eigenvalue weighted by Crippen LogP contribution is 2.41. The Kier molecular flexibility index (Phi) is 2.04. The van der Waals surface area contributed by atoms with E-state index in [0.29, 0.717) is 0 Å². The van der Waals surface area contributed by atoms with Crippen LogP contribution in [0.15, 0.2) is 24.3 Å². The van der Waals surface area contributed by atoms with Crippen molar-refractivity contribution >= 4 is 5.69 Å². The van der Waals surface area contributed by atoms with Gasteiger partial charge >= 0.3 is 0 Å². The molecule has 0 amide bonds. The lowest BCUT2D eigenvalue weighted by atomic mass is 9.74. The Morgan fingerprint density at radius 3 is 2.29 bits per heavy atom. The van der Waals surface area contributed by atoms with E-state index in [1.54, 1.807) is 0 Å². The first-order valence-electron chi connectivity index (χ1n) is 6.90. The van der Waals surface area contributed by atoms with E-state index in [-0.39, 0.29) is 0 Å². The van der Waals surface area contributed by atoms with Gasteiger partial charge in [-0.25, -0.2) is 0 Å². The van der Waals surface area contributed by atoms with Crippen LogP contribution in [-0.4, -0.2) is 24.2 Å². The molecule has 4 aliphatic heterocycles. The maximum absolute atomic E-state index is 3.77. The lowest BCUT2D eigenvalue weighted by Crippen LogP contribution is -2.67. The summed E-state index contributed by atoms with van der Waals surface area (Å²) in [6, 6.07) is 12.2. The first-order chi connectivity index (χ1) is 8.29. The zero-order valence-electron chi connectivity index (χ0n) is 10.4. The molecule has 0 atom stereocenters. The van der Waals surface area contributed by atoms with E-state index >= 15 is 0 Å². The number of rotatable bonds is 1. The fourth-order valence-electron chi connectivity index (χ4n) is 4.27. The predicted octanol–water partition coefficient (Wildman–Crippen LogP) is 2.47. The van der Waals surface area contributed by atoms with Crippen LogP contribution in [0.25, 0.3) is 0 Å². The molecule has 0 spiro atoms. The van der Waals surface area contributed by atoms with Crippen molar-refractivity contribution in [2.75, 3.05) is 4.90 Å². The van der Waals surface area contributed by atoms with Gasteiger partial charge in [-0.15, -0.1) is 0 Å². The van der Waals surface area contributed by atoms with Crippen molar-refractivity contribution in [3.05, 3.63) is 29.8 Å². The Labute approximate surface area is 103 Å². The van der Waals surface area contributed by atoms with Gasteiger partial charge in [0.15, 0.2) is 0 Å². The summed E-state index contributed by atoms with van der Waals surface area (Å²) in [4.78, 5) is 2.72. The van der Waals surface area contributed by atoms with Gasteiger partial charge in [-0.3, -0.25) is 0 Å². The van der Waals surface area contributed by atoms with Crippen LogP contribution in [0.1, 0.15) is 31.2 Å². The summed E-state index contributed by atoms with van der Waals surface area (Å²) >= 11 is 0. The summed E-state index contributed by atoms with van der Waals surface area (Å²) in [5, 5.41) is 3.77. The second-order valence-corrected chi connectivity index (χ2v) is 6.06. The molecule has 0 radical (unpaired) electrons. The van der Waals surface area contributed by atoms with E-state index in [0.717, 1.165) is 24.2 Å². The molecule has 90 valence electrons. The zero-order valence-corrected chi connectivity index (χ0v) is 10.4. The van der Waals surface area contributed by atoms with Gasteiger partial charge < -0.3 is 10.2 Å². The molecule has 0 aromatic heterocycles. The fourth-order valence-corrected chi connectivity index (χ4v) is 4.27. The average molecular weight is 228 g/mol. The van der Waals surface area contributed by atoms with Crippen molar-refractivity contribution < 1.29 is 0 Å². The van der Waals surface area contributed by atoms with E-state index in [9.17, 15) is 0 Å². The van der Waals surface area contributed by atoms with Crippen molar-refractivity contribution in [2.45, 2.75) is 56.8 Å². The molecule has 0 saturated carbocycles. The highest BCUT2D eigenvalue weighted by Gasteiger charge is 2.46. The first-order valence-corrected chi connectivity index (χ1v) is 6.90. The molecule has 2 nitrogen and oxygen atoms in total. The molecule has 5 rings (SSSR count). The van der Waals surface area contributed by atoms with Crippen molar-refractivity contribution in [3.8, 4) is 0 Å². The van der Waals surface area contributed by atoms with Crippen LogP contribution in [0.3, 0.4) is 0 Å². The Balaban J connectivity index is 1.70. The number of benzene rings is 1. The van der Waals surface area contributed by atoms with Gasteiger partial charge in [0.05, 0.1) is 0 Å². The van der Waals surface area contributed by atoms with Gasteiger partial charge in [-0.2, -0.15) is 0 Å². The van der Waals surface area contributed by atoms with Crippen molar-refractivity contribution in [3.63, 3.8) is 0 Å². The molecule has 1 aromatic carbocycles. The maximum Gasteiger partial charge on any atom is 0.0373 e. The summed E-state index contributed by atoms with van der Waals surface area (Å²) in [5.74, 6) is 0. The Hall–Kier alpha value is -1.02. The summed E-state index contributed by atoms with van der Waals surface area (Å²) in [7, 11) is 0. The molecule has 4 fully saturated rings. The lowest BCUT2D eigenvalue weighted by Gasteiger charge is -2.58. The fraction of sp³-hybridized carbons (Fsp3) is 0.600. The van der Waals surface area contributed by atoms with Crippen LogP contribution < -0.4 is 10.2 Å². The van der Waals surface area contributed by atoms with Crippen LogP contribution in [0.2, 0.25) is 0 Å². The summed E-state index contributed by atoms with van der Waals surface area (Å²) < 4.78 is 0. The van der Waals surface area contributed by atoms with Gasteiger partial charge in [0, 0.05) is 29.9 Å². The van der Waals surface area contributed by atoms with Crippen LogP contribution >= 0.6 is 0 Å². The highest BCUT2D eigenvalue weighted by atomic mass is 15.3. The highest BCUT2D eigenvalue weighted by molar-refractivity contribution is 5.52.